The Kier molecular flexibility index (Phi) is 5.67. The highest BCUT2D eigenvalue weighted by Gasteiger charge is 2.20. The molecule has 104 valence electrons. The summed E-state index contributed by atoms with van der Waals surface area (Å²) in [7, 11) is -3.95. The van der Waals surface area contributed by atoms with Crippen LogP contribution in [0.3, 0.4) is 0 Å². The number of nitrogens with one attached hydrogen (secondary N) is 1. The Balaban J connectivity index is 0.00000289. The highest BCUT2D eigenvalue weighted by atomic mass is 35.5. The van der Waals surface area contributed by atoms with E-state index in [2.05, 4.69) is 4.72 Å². The summed E-state index contributed by atoms with van der Waals surface area (Å²) in [6.07, 6.45) is 0. The lowest BCUT2D eigenvalue weighted by Crippen LogP contribution is -2.45. The van der Waals surface area contributed by atoms with E-state index < -0.39 is 32.1 Å². The van der Waals surface area contributed by atoms with Gasteiger partial charge in [0.05, 0.1) is 4.90 Å². The first-order chi connectivity index (χ1) is 7.60. The van der Waals surface area contributed by atoms with E-state index in [9.17, 15) is 17.2 Å². The first kappa shape index (κ1) is 17.2. The van der Waals surface area contributed by atoms with Crippen LogP contribution in [0.2, 0.25) is 0 Å². The second-order valence-electron chi connectivity index (χ2n) is 4.42. The third-order valence-corrected chi connectivity index (χ3v) is 3.24. The topological polar surface area (TPSA) is 72.2 Å². The van der Waals surface area contributed by atoms with Gasteiger partial charge >= 0.3 is 0 Å². The SMILES string of the molecule is CC(C)(N)CNS(=O)(=O)c1cc(F)cc(F)c1.Cl. The molecule has 0 spiro atoms. The van der Waals surface area contributed by atoms with E-state index in [1.165, 1.54) is 0 Å². The molecule has 0 bridgehead atoms. The fourth-order valence-electron chi connectivity index (χ4n) is 1.05. The normalized spacial score (nSPS) is 12.1. The summed E-state index contributed by atoms with van der Waals surface area (Å²) in [4.78, 5) is -0.459. The molecule has 0 atom stereocenters. The van der Waals surface area contributed by atoms with Crippen LogP contribution in [0.25, 0.3) is 0 Å². The standard InChI is InChI=1S/C10H14F2N2O2S.ClH/c1-10(2,13)6-14-17(15,16)9-4-7(11)3-8(12)5-9;/h3-5,14H,6,13H2,1-2H3;1H. The van der Waals surface area contributed by atoms with Gasteiger partial charge in [-0.3, -0.25) is 0 Å². The van der Waals surface area contributed by atoms with Gasteiger partial charge in [0, 0.05) is 18.2 Å². The second kappa shape index (κ2) is 5.92. The zero-order chi connectivity index (χ0) is 13.3. The van der Waals surface area contributed by atoms with Crippen LogP contribution in [0.1, 0.15) is 13.8 Å². The molecule has 3 N–H and O–H groups in total. The van der Waals surface area contributed by atoms with Crippen LogP contribution in [0, 0.1) is 11.6 Å². The molecule has 4 nitrogen and oxygen atoms in total. The molecule has 0 saturated heterocycles. The molecule has 1 aromatic carbocycles. The van der Waals surface area contributed by atoms with E-state index >= 15 is 0 Å². The van der Waals surface area contributed by atoms with Crippen molar-refractivity contribution in [3.8, 4) is 0 Å². The Morgan fingerprint density at radius 1 is 1.22 bits per heavy atom. The average Bonchev–Trinajstić information content (AvgIpc) is 2.12. The van der Waals surface area contributed by atoms with Crippen LogP contribution in [0.4, 0.5) is 8.78 Å². The van der Waals surface area contributed by atoms with Gasteiger partial charge < -0.3 is 5.73 Å². The fourth-order valence-corrected chi connectivity index (χ4v) is 2.31. The first-order valence-corrected chi connectivity index (χ1v) is 6.33. The molecule has 0 fully saturated rings. The van der Waals surface area contributed by atoms with Crippen LogP contribution >= 0.6 is 12.4 Å². The summed E-state index contributed by atoms with van der Waals surface area (Å²) in [5.41, 5.74) is 4.85. The number of halogens is 3. The van der Waals surface area contributed by atoms with Gasteiger partial charge in [0.15, 0.2) is 0 Å². The predicted octanol–water partition coefficient (Wildman–Crippen LogP) is 1.40. The van der Waals surface area contributed by atoms with E-state index in [4.69, 9.17) is 5.73 Å². The summed E-state index contributed by atoms with van der Waals surface area (Å²) in [5, 5.41) is 0. The van der Waals surface area contributed by atoms with Crippen LogP contribution < -0.4 is 10.5 Å². The summed E-state index contributed by atoms with van der Waals surface area (Å²) in [5.74, 6) is -1.89. The molecule has 0 aliphatic heterocycles. The fraction of sp³-hybridized carbons (Fsp3) is 0.400. The van der Waals surface area contributed by atoms with Crippen molar-refractivity contribution in [2.45, 2.75) is 24.3 Å². The van der Waals surface area contributed by atoms with E-state index in [-0.39, 0.29) is 19.0 Å². The number of benzene rings is 1. The molecule has 0 unspecified atom stereocenters. The molecule has 0 radical (unpaired) electrons. The molecule has 18 heavy (non-hydrogen) atoms. The lowest BCUT2D eigenvalue weighted by Gasteiger charge is -2.18. The summed E-state index contributed by atoms with van der Waals surface area (Å²) in [6.45, 7) is 3.22. The van der Waals surface area contributed by atoms with Crippen LogP contribution in [0.15, 0.2) is 23.1 Å². The van der Waals surface area contributed by atoms with E-state index in [0.717, 1.165) is 12.1 Å². The maximum atomic E-state index is 12.9. The highest BCUT2D eigenvalue weighted by molar-refractivity contribution is 7.89. The van der Waals surface area contributed by atoms with Gasteiger partial charge in [-0.05, 0) is 26.0 Å². The van der Waals surface area contributed by atoms with Gasteiger partial charge in [-0.15, -0.1) is 12.4 Å². The predicted molar refractivity (Wildman–Crippen MR) is 67.1 cm³/mol. The summed E-state index contributed by atoms with van der Waals surface area (Å²) < 4.78 is 51.3. The molecule has 0 aliphatic carbocycles. The minimum Gasteiger partial charge on any atom is -0.324 e. The molecule has 0 aliphatic rings. The Hall–Kier alpha value is -0.760. The van der Waals surface area contributed by atoms with E-state index in [1.54, 1.807) is 13.8 Å². The average molecular weight is 301 g/mol. The quantitative estimate of drug-likeness (QED) is 0.883. The van der Waals surface area contributed by atoms with Crippen molar-refractivity contribution >= 4 is 22.4 Å². The van der Waals surface area contributed by atoms with Gasteiger partial charge in [0.1, 0.15) is 11.6 Å². The van der Waals surface area contributed by atoms with E-state index in [0.29, 0.717) is 6.07 Å². The summed E-state index contributed by atoms with van der Waals surface area (Å²) in [6, 6.07) is 2.09. The number of sulfonamides is 1. The summed E-state index contributed by atoms with van der Waals surface area (Å²) >= 11 is 0. The maximum absolute atomic E-state index is 12.9. The van der Waals surface area contributed by atoms with Crippen molar-refractivity contribution in [2.75, 3.05) is 6.54 Å². The Morgan fingerprint density at radius 2 is 1.67 bits per heavy atom. The molecule has 0 saturated carbocycles. The lowest BCUT2D eigenvalue weighted by atomic mass is 10.1. The smallest absolute Gasteiger partial charge is 0.240 e. The first-order valence-electron chi connectivity index (χ1n) is 4.85. The minimum atomic E-state index is -3.95. The van der Waals surface area contributed by atoms with Gasteiger partial charge in [-0.1, -0.05) is 0 Å². The monoisotopic (exact) mass is 300 g/mol. The van der Waals surface area contributed by atoms with Gasteiger partial charge in [-0.25, -0.2) is 21.9 Å². The van der Waals surface area contributed by atoms with Crippen molar-refractivity contribution in [3.63, 3.8) is 0 Å². The molecular formula is C10H15ClF2N2O2S. The Bertz CT molecular complexity index is 495. The van der Waals surface area contributed by atoms with Crippen molar-refractivity contribution in [1.82, 2.24) is 4.72 Å². The zero-order valence-corrected chi connectivity index (χ0v) is 11.5. The number of hydrogen-bond acceptors (Lipinski definition) is 3. The molecule has 8 heteroatoms. The van der Waals surface area contributed by atoms with Crippen molar-refractivity contribution in [3.05, 3.63) is 29.8 Å². The van der Waals surface area contributed by atoms with Crippen LogP contribution in [-0.2, 0) is 10.0 Å². The third kappa shape index (κ3) is 5.26. The maximum Gasteiger partial charge on any atom is 0.240 e. The number of hydrogen-bond donors (Lipinski definition) is 2. The third-order valence-electron chi connectivity index (χ3n) is 1.86. The number of nitrogens with two attached hydrogens (primary N) is 1. The Morgan fingerprint density at radius 3 is 2.06 bits per heavy atom. The Labute approximate surface area is 111 Å². The second-order valence-corrected chi connectivity index (χ2v) is 6.19. The molecule has 0 heterocycles. The largest absolute Gasteiger partial charge is 0.324 e. The molecule has 1 rings (SSSR count). The molecule has 0 amide bonds. The highest BCUT2D eigenvalue weighted by Crippen LogP contribution is 2.13. The molecular weight excluding hydrogens is 286 g/mol. The van der Waals surface area contributed by atoms with Crippen LogP contribution in [0.5, 0.6) is 0 Å². The number of rotatable bonds is 4. The van der Waals surface area contributed by atoms with Crippen molar-refractivity contribution in [2.24, 2.45) is 5.73 Å². The van der Waals surface area contributed by atoms with Gasteiger partial charge in [-0.2, -0.15) is 0 Å². The van der Waals surface area contributed by atoms with Gasteiger partial charge in [0.2, 0.25) is 10.0 Å². The lowest BCUT2D eigenvalue weighted by molar-refractivity contribution is 0.497. The van der Waals surface area contributed by atoms with Crippen LogP contribution in [-0.4, -0.2) is 20.5 Å². The van der Waals surface area contributed by atoms with Crippen molar-refractivity contribution < 1.29 is 17.2 Å². The van der Waals surface area contributed by atoms with Crippen molar-refractivity contribution in [1.29, 1.82) is 0 Å². The molecule has 1 aromatic rings. The van der Waals surface area contributed by atoms with E-state index in [1.807, 2.05) is 0 Å². The molecule has 0 aromatic heterocycles. The zero-order valence-electron chi connectivity index (χ0n) is 9.91. The minimum absolute atomic E-state index is 0. The van der Waals surface area contributed by atoms with Gasteiger partial charge in [0.25, 0.3) is 0 Å².